The summed E-state index contributed by atoms with van der Waals surface area (Å²) in [5.41, 5.74) is -0.274. The number of fused-ring (bicyclic) bond motifs is 1. The van der Waals surface area contributed by atoms with Gasteiger partial charge in [-0.3, -0.25) is 4.79 Å². The SMILES string of the molecule is C#CCOCC1CCCN(C(=O)c2cc3cccc(OC)c3oc2=O)C1. The summed E-state index contributed by atoms with van der Waals surface area (Å²) in [4.78, 5) is 26.9. The lowest BCUT2D eigenvalue weighted by atomic mass is 9.98. The van der Waals surface area contributed by atoms with Crippen molar-refractivity contribution in [3.8, 4) is 18.1 Å². The first-order valence-corrected chi connectivity index (χ1v) is 8.55. The van der Waals surface area contributed by atoms with Crippen molar-refractivity contribution in [3.63, 3.8) is 0 Å². The molecule has 1 aromatic carbocycles. The molecule has 0 saturated carbocycles. The zero-order chi connectivity index (χ0) is 18.5. The monoisotopic (exact) mass is 355 g/mol. The minimum Gasteiger partial charge on any atom is -0.493 e. The van der Waals surface area contributed by atoms with E-state index in [0.29, 0.717) is 36.4 Å². The molecule has 2 heterocycles. The predicted octanol–water partition coefficient (Wildman–Crippen LogP) is 2.30. The van der Waals surface area contributed by atoms with Gasteiger partial charge in [-0.05, 0) is 25.0 Å². The second-order valence-corrected chi connectivity index (χ2v) is 6.30. The molecule has 136 valence electrons. The molecule has 0 bridgehead atoms. The van der Waals surface area contributed by atoms with Crippen LogP contribution in [-0.2, 0) is 4.74 Å². The molecule has 26 heavy (non-hydrogen) atoms. The third-order valence-corrected chi connectivity index (χ3v) is 4.52. The first-order valence-electron chi connectivity index (χ1n) is 8.55. The Hall–Kier alpha value is -2.78. The number of terminal acetylenes is 1. The van der Waals surface area contributed by atoms with E-state index >= 15 is 0 Å². The second-order valence-electron chi connectivity index (χ2n) is 6.30. The Morgan fingerprint density at radius 2 is 2.31 bits per heavy atom. The summed E-state index contributed by atoms with van der Waals surface area (Å²) in [7, 11) is 1.50. The van der Waals surface area contributed by atoms with Crippen molar-refractivity contribution < 1.29 is 18.7 Å². The zero-order valence-electron chi connectivity index (χ0n) is 14.7. The largest absolute Gasteiger partial charge is 0.493 e. The maximum Gasteiger partial charge on any atom is 0.349 e. The molecule has 1 atom stereocenters. The maximum atomic E-state index is 12.9. The van der Waals surface area contributed by atoms with Gasteiger partial charge < -0.3 is 18.8 Å². The van der Waals surface area contributed by atoms with Crippen molar-refractivity contribution in [2.45, 2.75) is 12.8 Å². The van der Waals surface area contributed by atoms with Crippen molar-refractivity contribution in [1.82, 2.24) is 4.90 Å². The van der Waals surface area contributed by atoms with Crippen LogP contribution in [0.5, 0.6) is 5.75 Å². The summed E-state index contributed by atoms with van der Waals surface area (Å²) in [6, 6.07) is 6.85. The number of hydrogen-bond donors (Lipinski definition) is 0. The van der Waals surface area contributed by atoms with Gasteiger partial charge in [-0.15, -0.1) is 6.42 Å². The van der Waals surface area contributed by atoms with Gasteiger partial charge in [0, 0.05) is 24.4 Å². The lowest BCUT2D eigenvalue weighted by molar-refractivity contribution is 0.0531. The number of benzene rings is 1. The molecule has 1 aliphatic heterocycles. The van der Waals surface area contributed by atoms with Crippen LogP contribution in [0.15, 0.2) is 33.5 Å². The number of para-hydroxylation sites is 1. The molecule has 0 radical (unpaired) electrons. The van der Waals surface area contributed by atoms with Gasteiger partial charge in [-0.1, -0.05) is 18.1 Å². The Balaban J connectivity index is 1.82. The fourth-order valence-corrected chi connectivity index (χ4v) is 3.27. The molecular weight excluding hydrogens is 334 g/mol. The summed E-state index contributed by atoms with van der Waals surface area (Å²) in [6.45, 7) is 1.93. The van der Waals surface area contributed by atoms with Gasteiger partial charge in [0.15, 0.2) is 11.3 Å². The van der Waals surface area contributed by atoms with Crippen LogP contribution >= 0.6 is 0 Å². The van der Waals surface area contributed by atoms with Crippen molar-refractivity contribution in [2.75, 3.05) is 33.4 Å². The highest BCUT2D eigenvalue weighted by molar-refractivity contribution is 5.97. The predicted molar refractivity (Wildman–Crippen MR) is 97.3 cm³/mol. The highest BCUT2D eigenvalue weighted by Crippen LogP contribution is 2.25. The third kappa shape index (κ3) is 3.73. The highest BCUT2D eigenvalue weighted by Gasteiger charge is 2.27. The number of carbonyl (C=O) groups excluding carboxylic acids is 1. The molecule has 0 N–H and O–H groups in total. The van der Waals surface area contributed by atoms with Crippen molar-refractivity contribution in [1.29, 1.82) is 0 Å². The van der Waals surface area contributed by atoms with Crippen molar-refractivity contribution >= 4 is 16.9 Å². The minimum absolute atomic E-state index is 0.0379. The van der Waals surface area contributed by atoms with E-state index in [-0.39, 0.29) is 24.0 Å². The normalized spacial score (nSPS) is 17.1. The summed E-state index contributed by atoms with van der Waals surface area (Å²) >= 11 is 0. The Morgan fingerprint density at radius 3 is 3.08 bits per heavy atom. The molecule has 2 aromatic rings. The number of ether oxygens (including phenoxy) is 2. The number of hydrogen-bond acceptors (Lipinski definition) is 5. The molecule has 1 saturated heterocycles. The van der Waals surface area contributed by atoms with Crippen LogP contribution in [0.2, 0.25) is 0 Å². The molecule has 1 amide bonds. The van der Waals surface area contributed by atoms with E-state index in [2.05, 4.69) is 5.92 Å². The molecule has 1 aromatic heterocycles. The first-order chi connectivity index (χ1) is 12.6. The van der Waals surface area contributed by atoms with Gasteiger partial charge >= 0.3 is 5.63 Å². The van der Waals surface area contributed by atoms with Crippen LogP contribution in [0, 0.1) is 18.3 Å². The fourth-order valence-electron chi connectivity index (χ4n) is 3.27. The van der Waals surface area contributed by atoms with Gasteiger partial charge in [0.25, 0.3) is 5.91 Å². The average Bonchev–Trinajstić information content (AvgIpc) is 2.67. The first kappa shape index (κ1) is 18.0. The zero-order valence-corrected chi connectivity index (χ0v) is 14.7. The van der Waals surface area contributed by atoms with Crippen LogP contribution < -0.4 is 10.4 Å². The summed E-state index contributed by atoms with van der Waals surface area (Å²) in [6.07, 6.45) is 7.02. The van der Waals surface area contributed by atoms with E-state index < -0.39 is 5.63 Å². The quantitative estimate of drug-likeness (QED) is 0.468. The Labute approximate surface area is 151 Å². The molecule has 6 heteroatoms. The van der Waals surface area contributed by atoms with E-state index in [9.17, 15) is 9.59 Å². The second kappa shape index (κ2) is 8.07. The van der Waals surface area contributed by atoms with Gasteiger partial charge in [0.1, 0.15) is 12.2 Å². The number of nitrogens with zero attached hydrogens (tertiary/aromatic N) is 1. The number of carbonyl (C=O) groups is 1. The number of likely N-dealkylation sites (tertiary alicyclic amines) is 1. The Kier molecular flexibility index (Phi) is 5.59. The molecule has 1 fully saturated rings. The topological polar surface area (TPSA) is 69.0 Å². The average molecular weight is 355 g/mol. The van der Waals surface area contributed by atoms with E-state index in [1.807, 2.05) is 0 Å². The van der Waals surface area contributed by atoms with Gasteiger partial charge in [-0.2, -0.15) is 0 Å². The smallest absolute Gasteiger partial charge is 0.349 e. The molecule has 6 nitrogen and oxygen atoms in total. The van der Waals surface area contributed by atoms with E-state index in [1.165, 1.54) is 7.11 Å². The minimum atomic E-state index is -0.655. The highest BCUT2D eigenvalue weighted by atomic mass is 16.5. The van der Waals surface area contributed by atoms with Crippen LogP contribution in [0.4, 0.5) is 0 Å². The maximum absolute atomic E-state index is 12.9. The standard InChI is InChI=1S/C20H21NO5/c1-3-10-25-13-14-6-5-9-21(12-14)19(22)16-11-15-7-4-8-17(24-2)18(15)26-20(16)23/h1,4,7-8,11,14H,5-6,9-10,12-13H2,2H3. The molecular formula is C20H21NO5. The molecule has 1 aliphatic rings. The van der Waals surface area contributed by atoms with Crippen LogP contribution in [0.25, 0.3) is 11.0 Å². The van der Waals surface area contributed by atoms with Gasteiger partial charge in [0.05, 0.1) is 13.7 Å². The molecule has 3 rings (SSSR count). The molecule has 0 aliphatic carbocycles. The van der Waals surface area contributed by atoms with Crippen molar-refractivity contribution in [3.05, 3.63) is 40.2 Å². The van der Waals surface area contributed by atoms with Crippen LogP contribution in [-0.4, -0.2) is 44.2 Å². The molecule has 0 spiro atoms. The van der Waals surface area contributed by atoms with E-state index in [0.717, 1.165) is 12.8 Å². The summed E-state index contributed by atoms with van der Waals surface area (Å²) in [5, 5.41) is 0.651. The number of piperidine rings is 1. The summed E-state index contributed by atoms with van der Waals surface area (Å²) < 4.78 is 16.0. The number of methoxy groups -OCH3 is 1. The number of rotatable bonds is 5. The molecule has 1 unspecified atom stereocenters. The lowest BCUT2D eigenvalue weighted by Crippen LogP contribution is -2.42. The van der Waals surface area contributed by atoms with Gasteiger partial charge in [0.2, 0.25) is 0 Å². The van der Waals surface area contributed by atoms with Gasteiger partial charge in [-0.25, -0.2) is 4.79 Å². The Bertz CT molecular complexity index is 895. The lowest BCUT2D eigenvalue weighted by Gasteiger charge is -2.32. The van der Waals surface area contributed by atoms with E-state index in [1.54, 1.807) is 29.2 Å². The third-order valence-electron chi connectivity index (χ3n) is 4.52. The summed E-state index contributed by atoms with van der Waals surface area (Å²) in [5.74, 6) is 2.80. The fraction of sp³-hybridized carbons (Fsp3) is 0.400. The van der Waals surface area contributed by atoms with Crippen LogP contribution in [0.3, 0.4) is 0 Å². The number of amides is 1. The van der Waals surface area contributed by atoms with E-state index in [4.69, 9.17) is 20.3 Å². The van der Waals surface area contributed by atoms with Crippen molar-refractivity contribution in [2.24, 2.45) is 5.92 Å². The Morgan fingerprint density at radius 1 is 1.46 bits per heavy atom. The van der Waals surface area contributed by atoms with Crippen LogP contribution in [0.1, 0.15) is 23.2 Å².